The van der Waals surface area contributed by atoms with E-state index in [0.29, 0.717) is 18.3 Å². The largest absolute Gasteiger partial charge is 0.438 e. The number of hydrogen-bond acceptors (Lipinski definition) is 4. The topological polar surface area (TPSA) is 55.8 Å². The van der Waals surface area contributed by atoms with Gasteiger partial charge in [0.25, 0.3) is 0 Å². The van der Waals surface area contributed by atoms with Crippen LogP contribution in [0.1, 0.15) is 46.0 Å². The molecule has 0 aromatic rings. The molecule has 0 heterocycles. The first-order valence-electron chi connectivity index (χ1n) is 6.75. The van der Waals surface area contributed by atoms with E-state index < -0.39 is 11.0 Å². The van der Waals surface area contributed by atoms with E-state index in [1.165, 1.54) is 7.11 Å². The minimum absolute atomic E-state index is 0.00176. The van der Waals surface area contributed by atoms with Gasteiger partial charge in [-0.05, 0) is 50.9 Å². The highest BCUT2D eigenvalue weighted by atomic mass is 16.7. The van der Waals surface area contributed by atoms with E-state index in [1.807, 2.05) is 6.92 Å². The van der Waals surface area contributed by atoms with Crippen molar-refractivity contribution in [3.05, 3.63) is 0 Å². The van der Waals surface area contributed by atoms with Crippen molar-refractivity contribution < 1.29 is 19.4 Å². The first-order valence-corrected chi connectivity index (χ1v) is 6.75. The zero-order valence-electron chi connectivity index (χ0n) is 11.6. The molecule has 1 N–H and O–H groups in total. The second-order valence-electron chi connectivity index (χ2n) is 6.61. The van der Waals surface area contributed by atoms with Gasteiger partial charge in [0.15, 0.2) is 6.79 Å². The van der Waals surface area contributed by atoms with Gasteiger partial charge < -0.3 is 14.6 Å². The van der Waals surface area contributed by atoms with Gasteiger partial charge in [0.05, 0.1) is 11.0 Å². The third kappa shape index (κ3) is 2.69. The molecule has 0 amide bonds. The summed E-state index contributed by atoms with van der Waals surface area (Å²) >= 11 is 0. The maximum Gasteiger partial charge on any atom is 0.314 e. The molecule has 4 unspecified atom stereocenters. The van der Waals surface area contributed by atoms with Crippen LogP contribution in [-0.2, 0) is 14.3 Å². The number of carbonyl (C=O) groups excluding carboxylic acids is 1. The van der Waals surface area contributed by atoms with Crippen LogP contribution in [0.3, 0.4) is 0 Å². The molecule has 0 aliphatic heterocycles. The Balaban J connectivity index is 2.18. The third-order valence-corrected chi connectivity index (χ3v) is 4.34. The van der Waals surface area contributed by atoms with Crippen LogP contribution in [0.25, 0.3) is 0 Å². The molecule has 4 nitrogen and oxygen atoms in total. The average Bonchev–Trinajstić information content (AvgIpc) is 2.21. The van der Waals surface area contributed by atoms with Crippen molar-refractivity contribution in [1.29, 1.82) is 0 Å². The standard InChI is InChI=1S/C14H24O4/c1-10-4-11-6-13(2,16)8-14(5-10,7-11)12(15)18-9-17-3/h10-11,16H,4-9H2,1-3H3. The summed E-state index contributed by atoms with van der Waals surface area (Å²) in [6.45, 7) is 4.03. The van der Waals surface area contributed by atoms with Crippen molar-refractivity contribution >= 4 is 5.97 Å². The van der Waals surface area contributed by atoms with E-state index in [0.717, 1.165) is 25.7 Å². The summed E-state index contributed by atoms with van der Waals surface area (Å²) in [6.07, 6.45) is 4.10. The Morgan fingerprint density at radius 3 is 2.78 bits per heavy atom. The second kappa shape index (κ2) is 4.82. The number of esters is 1. The Kier molecular flexibility index (Phi) is 3.70. The molecule has 104 valence electrons. The van der Waals surface area contributed by atoms with Gasteiger partial charge >= 0.3 is 5.97 Å². The molecule has 4 atom stereocenters. The maximum atomic E-state index is 12.3. The molecule has 0 saturated heterocycles. The minimum Gasteiger partial charge on any atom is -0.438 e. The fraction of sp³-hybridized carbons (Fsp3) is 0.929. The van der Waals surface area contributed by atoms with Crippen LogP contribution in [0.4, 0.5) is 0 Å². The van der Waals surface area contributed by atoms with E-state index in [2.05, 4.69) is 6.92 Å². The van der Waals surface area contributed by atoms with Crippen molar-refractivity contribution in [2.45, 2.75) is 51.6 Å². The van der Waals surface area contributed by atoms with Crippen molar-refractivity contribution in [3.63, 3.8) is 0 Å². The molecular formula is C14H24O4. The minimum atomic E-state index is -0.741. The molecule has 2 bridgehead atoms. The zero-order chi connectivity index (χ0) is 13.4. The Hall–Kier alpha value is -0.610. The van der Waals surface area contributed by atoms with Gasteiger partial charge in [-0.2, -0.15) is 0 Å². The van der Waals surface area contributed by atoms with Gasteiger partial charge in [-0.25, -0.2) is 0 Å². The predicted molar refractivity (Wildman–Crippen MR) is 66.8 cm³/mol. The summed E-state index contributed by atoms with van der Waals surface area (Å²) in [5.41, 5.74) is -1.24. The van der Waals surface area contributed by atoms with Gasteiger partial charge in [0.1, 0.15) is 0 Å². The maximum absolute atomic E-state index is 12.3. The van der Waals surface area contributed by atoms with Crippen LogP contribution in [0.2, 0.25) is 0 Å². The molecule has 2 aliphatic rings. The van der Waals surface area contributed by atoms with Crippen LogP contribution < -0.4 is 0 Å². The number of methoxy groups -OCH3 is 1. The first kappa shape index (κ1) is 13.8. The number of hydrogen-bond donors (Lipinski definition) is 1. The molecule has 2 saturated carbocycles. The fourth-order valence-electron chi connectivity index (χ4n) is 4.27. The number of rotatable bonds is 3. The highest BCUT2D eigenvalue weighted by Crippen LogP contribution is 2.54. The van der Waals surface area contributed by atoms with E-state index in [9.17, 15) is 9.90 Å². The first-order chi connectivity index (χ1) is 8.37. The van der Waals surface area contributed by atoms with Gasteiger partial charge in [0.2, 0.25) is 0 Å². The van der Waals surface area contributed by atoms with Crippen molar-refractivity contribution in [1.82, 2.24) is 0 Å². The van der Waals surface area contributed by atoms with Crippen LogP contribution in [0, 0.1) is 17.3 Å². The fourth-order valence-corrected chi connectivity index (χ4v) is 4.27. The Morgan fingerprint density at radius 1 is 1.39 bits per heavy atom. The van der Waals surface area contributed by atoms with Crippen LogP contribution in [0.5, 0.6) is 0 Å². The quantitative estimate of drug-likeness (QED) is 0.620. The molecule has 0 aromatic heterocycles. The number of ether oxygens (including phenoxy) is 2. The normalized spacial score (nSPS) is 43.6. The molecule has 2 aliphatic carbocycles. The SMILES string of the molecule is COCOC(=O)C12CC(C)CC(CC(C)(O)C1)C2. The second-order valence-corrected chi connectivity index (χ2v) is 6.61. The summed E-state index contributed by atoms with van der Waals surface area (Å²) in [7, 11) is 1.51. The number of aliphatic hydroxyl groups is 1. The van der Waals surface area contributed by atoms with Gasteiger partial charge in [-0.3, -0.25) is 4.79 Å². The lowest BCUT2D eigenvalue weighted by Crippen LogP contribution is -2.51. The molecule has 0 radical (unpaired) electrons. The van der Waals surface area contributed by atoms with E-state index >= 15 is 0 Å². The zero-order valence-corrected chi connectivity index (χ0v) is 11.6. The smallest absolute Gasteiger partial charge is 0.314 e. The Labute approximate surface area is 109 Å². The summed E-state index contributed by atoms with van der Waals surface area (Å²) in [5.74, 6) is 0.767. The molecule has 0 spiro atoms. The highest BCUT2D eigenvalue weighted by molar-refractivity contribution is 5.77. The molecule has 18 heavy (non-hydrogen) atoms. The van der Waals surface area contributed by atoms with Crippen molar-refractivity contribution in [3.8, 4) is 0 Å². The lowest BCUT2D eigenvalue weighted by molar-refractivity contribution is -0.183. The summed E-state index contributed by atoms with van der Waals surface area (Å²) < 4.78 is 9.99. The van der Waals surface area contributed by atoms with Gasteiger partial charge in [0, 0.05) is 7.11 Å². The monoisotopic (exact) mass is 256 g/mol. The van der Waals surface area contributed by atoms with E-state index in [4.69, 9.17) is 9.47 Å². The molecule has 2 fully saturated rings. The Bertz CT molecular complexity index is 322. The van der Waals surface area contributed by atoms with E-state index in [-0.39, 0.29) is 12.8 Å². The lowest BCUT2D eigenvalue weighted by atomic mass is 9.55. The van der Waals surface area contributed by atoms with Crippen molar-refractivity contribution in [2.24, 2.45) is 17.3 Å². The van der Waals surface area contributed by atoms with Gasteiger partial charge in [-0.15, -0.1) is 0 Å². The molecule has 2 rings (SSSR count). The summed E-state index contributed by atoms with van der Waals surface area (Å²) in [6, 6.07) is 0. The molecule has 0 aromatic carbocycles. The highest BCUT2D eigenvalue weighted by Gasteiger charge is 2.54. The summed E-state index contributed by atoms with van der Waals surface area (Å²) in [5, 5.41) is 10.4. The third-order valence-electron chi connectivity index (χ3n) is 4.34. The summed E-state index contributed by atoms with van der Waals surface area (Å²) in [4.78, 5) is 12.3. The van der Waals surface area contributed by atoms with Crippen LogP contribution in [0.15, 0.2) is 0 Å². The van der Waals surface area contributed by atoms with Crippen LogP contribution >= 0.6 is 0 Å². The molecular weight excluding hydrogens is 232 g/mol. The van der Waals surface area contributed by atoms with Gasteiger partial charge in [-0.1, -0.05) is 6.92 Å². The van der Waals surface area contributed by atoms with E-state index in [1.54, 1.807) is 0 Å². The lowest BCUT2D eigenvalue weighted by Gasteiger charge is -2.50. The average molecular weight is 256 g/mol. The van der Waals surface area contributed by atoms with Crippen molar-refractivity contribution in [2.75, 3.05) is 13.9 Å². The predicted octanol–water partition coefficient (Wildman–Crippen LogP) is 2.10. The van der Waals surface area contributed by atoms with Crippen LogP contribution in [-0.4, -0.2) is 30.6 Å². The molecule has 4 heteroatoms. The Morgan fingerprint density at radius 2 is 2.11 bits per heavy atom. The number of carbonyl (C=O) groups is 1. The number of fused-ring (bicyclic) bond motifs is 2.